The molecule has 0 bridgehead atoms. The molecular formula is C18H29N. The Labute approximate surface area is 118 Å². The minimum atomic E-state index is 0.258. The lowest BCUT2D eigenvalue weighted by molar-refractivity contribution is 0.342. The number of hydrogen-bond donors (Lipinski definition) is 1. The van der Waals surface area contributed by atoms with E-state index < -0.39 is 0 Å². The standard InChI is InChI=1S/C18H29N/c1-18(2,3)17-11-9-16(10-12-17)14-19-13-15-7-5-4-6-8-15/h9-12,15,19H,4-8,13-14H2,1-3H3. The van der Waals surface area contributed by atoms with Crippen molar-refractivity contribution in [3.63, 3.8) is 0 Å². The van der Waals surface area contributed by atoms with Gasteiger partial charge in [0.05, 0.1) is 0 Å². The molecule has 1 aliphatic rings. The number of rotatable bonds is 4. The number of benzene rings is 1. The smallest absolute Gasteiger partial charge is 0.0205 e. The van der Waals surface area contributed by atoms with Crippen molar-refractivity contribution < 1.29 is 0 Å². The van der Waals surface area contributed by atoms with Crippen LogP contribution >= 0.6 is 0 Å². The summed E-state index contributed by atoms with van der Waals surface area (Å²) in [6.07, 6.45) is 7.18. The summed E-state index contributed by atoms with van der Waals surface area (Å²) in [5.41, 5.74) is 3.08. The Hall–Kier alpha value is -0.820. The first-order valence-electron chi connectivity index (χ1n) is 7.86. The maximum absolute atomic E-state index is 3.63. The summed E-state index contributed by atoms with van der Waals surface area (Å²) >= 11 is 0. The van der Waals surface area contributed by atoms with E-state index >= 15 is 0 Å². The molecule has 106 valence electrons. The molecule has 2 rings (SSSR count). The zero-order chi connectivity index (χ0) is 13.7. The van der Waals surface area contributed by atoms with Gasteiger partial charge in [0.25, 0.3) is 0 Å². The summed E-state index contributed by atoms with van der Waals surface area (Å²) in [4.78, 5) is 0. The third kappa shape index (κ3) is 4.65. The molecule has 0 saturated heterocycles. The average molecular weight is 259 g/mol. The monoisotopic (exact) mass is 259 g/mol. The molecule has 0 unspecified atom stereocenters. The lowest BCUT2D eigenvalue weighted by atomic mass is 9.86. The van der Waals surface area contributed by atoms with E-state index in [1.54, 1.807) is 0 Å². The molecule has 1 aromatic carbocycles. The van der Waals surface area contributed by atoms with Gasteiger partial charge in [0.2, 0.25) is 0 Å². The zero-order valence-corrected chi connectivity index (χ0v) is 12.8. The summed E-state index contributed by atoms with van der Waals surface area (Å²) in [7, 11) is 0. The van der Waals surface area contributed by atoms with E-state index in [-0.39, 0.29) is 5.41 Å². The molecule has 1 fully saturated rings. The van der Waals surface area contributed by atoms with Gasteiger partial charge in [-0.25, -0.2) is 0 Å². The average Bonchev–Trinajstić information content (AvgIpc) is 2.39. The van der Waals surface area contributed by atoms with Crippen LogP contribution in [0.5, 0.6) is 0 Å². The van der Waals surface area contributed by atoms with Crippen LogP contribution in [-0.2, 0) is 12.0 Å². The molecule has 0 aromatic heterocycles. The third-order valence-corrected chi connectivity index (χ3v) is 4.31. The van der Waals surface area contributed by atoms with Gasteiger partial charge >= 0.3 is 0 Å². The largest absolute Gasteiger partial charge is 0.312 e. The lowest BCUT2D eigenvalue weighted by Crippen LogP contribution is -2.24. The minimum Gasteiger partial charge on any atom is -0.312 e. The predicted octanol–water partition coefficient (Wildman–Crippen LogP) is 4.65. The summed E-state index contributed by atoms with van der Waals surface area (Å²) in [5.74, 6) is 0.919. The van der Waals surface area contributed by atoms with Gasteiger partial charge in [-0.3, -0.25) is 0 Å². The SMILES string of the molecule is CC(C)(C)c1ccc(CNCC2CCCCC2)cc1. The molecule has 0 amide bonds. The van der Waals surface area contributed by atoms with Gasteiger partial charge in [-0.1, -0.05) is 64.3 Å². The zero-order valence-electron chi connectivity index (χ0n) is 12.8. The van der Waals surface area contributed by atoms with Crippen LogP contribution in [0.2, 0.25) is 0 Å². The Morgan fingerprint density at radius 1 is 1.00 bits per heavy atom. The van der Waals surface area contributed by atoms with Crippen molar-refractivity contribution in [1.82, 2.24) is 5.32 Å². The van der Waals surface area contributed by atoms with E-state index in [0.29, 0.717) is 0 Å². The fourth-order valence-electron chi connectivity index (χ4n) is 2.93. The number of hydrogen-bond acceptors (Lipinski definition) is 1. The Morgan fingerprint density at radius 3 is 2.21 bits per heavy atom. The van der Waals surface area contributed by atoms with Crippen molar-refractivity contribution in [1.29, 1.82) is 0 Å². The highest BCUT2D eigenvalue weighted by Crippen LogP contribution is 2.23. The molecule has 1 heteroatoms. The summed E-state index contributed by atoms with van der Waals surface area (Å²) in [5, 5.41) is 3.63. The van der Waals surface area contributed by atoms with Gasteiger partial charge in [0.15, 0.2) is 0 Å². The van der Waals surface area contributed by atoms with Crippen LogP contribution < -0.4 is 5.32 Å². The summed E-state index contributed by atoms with van der Waals surface area (Å²) in [6.45, 7) is 9.01. The Balaban J connectivity index is 1.76. The van der Waals surface area contributed by atoms with E-state index in [0.717, 1.165) is 12.5 Å². The van der Waals surface area contributed by atoms with Gasteiger partial charge in [-0.15, -0.1) is 0 Å². The Kier molecular flexibility index (Phi) is 5.04. The highest BCUT2D eigenvalue weighted by molar-refractivity contribution is 5.27. The fraction of sp³-hybridized carbons (Fsp3) is 0.667. The van der Waals surface area contributed by atoms with Gasteiger partial charge in [0, 0.05) is 6.54 Å². The molecule has 0 aliphatic heterocycles. The van der Waals surface area contributed by atoms with E-state index in [1.165, 1.54) is 49.8 Å². The first-order chi connectivity index (χ1) is 9.05. The van der Waals surface area contributed by atoms with Crippen molar-refractivity contribution >= 4 is 0 Å². The molecule has 1 nitrogen and oxygen atoms in total. The van der Waals surface area contributed by atoms with E-state index in [2.05, 4.69) is 50.4 Å². The Morgan fingerprint density at radius 2 is 1.63 bits per heavy atom. The van der Waals surface area contributed by atoms with E-state index in [9.17, 15) is 0 Å². The summed E-state index contributed by atoms with van der Waals surface area (Å²) < 4.78 is 0. The highest BCUT2D eigenvalue weighted by atomic mass is 14.9. The van der Waals surface area contributed by atoms with Gasteiger partial charge in [-0.05, 0) is 41.8 Å². The van der Waals surface area contributed by atoms with Gasteiger partial charge < -0.3 is 5.32 Å². The second-order valence-electron chi connectivity index (χ2n) is 7.08. The van der Waals surface area contributed by atoms with Crippen molar-refractivity contribution in [2.24, 2.45) is 5.92 Å². The van der Waals surface area contributed by atoms with Crippen molar-refractivity contribution in [3.8, 4) is 0 Å². The second kappa shape index (κ2) is 6.56. The topological polar surface area (TPSA) is 12.0 Å². The van der Waals surface area contributed by atoms with Crippen LogP contribution in [0, 0.1) is 5.92 Å². The van der Waals surface area contributed by atoms with E-state index in [1.807, 2.05) is 0 Å². The van der Waals surface area contributed by atoms with Crippen molar-refractivity contribution in [3.05, 3.63) is 35.4 Å². The van der Waals surface area contributed by atoms with Crippen LogP contribution in [0.1, 0.15) is 64.0 Å². The predicted molar refractivity (Wildman–Crippen MR) is 83.4 cm³/mol. The number of nitrogens with one attached hydrogen (secondary N) is 1. The Bertz CT molecular complexity index is 366. The van der Waals surface area contributed by atoms with Crippen LogP contribution in [0.15, 0.2) is 24.3 Å². The first-order valence-corrected chi connectivity index (χ1v) is 7.86. The molecule has 0 heterocycles. The van der Waals surface area contributed by atoms with E-state index in [4.69, 9.17) is 0 Å². The van der Waals surface area contributed by atoms with Crippen molar-refractivity contribution in [2.45, 2.75) is 64.8 Å². The lowest BCUT2D eigenvalue weighted by Gasteiger charge is -2.22. The molecule has 1 aromatic rings. The van der Waals surface area contributed by atoms with Gasteiger partial charge in [0.1, 0.15) is 0 Å². The van der Waals surface area contributed by atoms with Gasteiger partial charge in [-0.2, -0.15) is 0 Å². The van der Waals surface area contributed by atoms with Crippen LogP contribution in [0.3, 0.4) is 0 Å². The molecule has 0 radical (unpaired) electrons. The fourth-order valence-corrected chi connectivity index (χ4v) is 2.93. The quantitative estimate of drug-likeness (QED) is 0.829. The molecule has 1 aliphatic carbocycles. The maximum atomic E-state index is 3.63. The van der Waals surface area contributed by atoms with Crippen LogP contribution in [0.25, 0.3) is 0 Å². The third-order valence-electron chi connectivity index (χ3n) is 4.31. The minimum absolute atomic E-state index is 0.258. The second-order valence-corrected chi connectivity index (χ2v) is 7.08. The normalized spacial score (nSPS) is 17.6. The highest BCUT2D eigenvalue weighted by Gasteiger charge is 2.14. The molecule has 0 spiro atoms. The van der Waals surface area contributed by atoms with Crippen LogP contribution in [-0.4, -0.2) is 6.54 Å². The molecule has 1 N–H and O–H groups in total. The molecule has 0 atom stereocenters. The molecule has 19 heavy (non-hydrogen) atoms. The molecule has 1 saturated carbocycles. The maximum Gasteiger partial charge on any atom is 0.0205 e. The van der Waals surface area contributed by atoms with Crippen molar-refractivity contribution in [2.75, 3.05) is 6.54 Å². The van der Waals surface area contributed by atoms with Crippen LogP contribution in [0.4, 0.5) is 0 Å². The first kappa shape index (κ1) is 14.6. The molecular weight excluding hydrogens is 230 g/mol. The summed E-state index contributed by atoms with van der Waals surface area (Å²) in [6, 6.07) is 9.10.